The van der Waals surface area contributed by atoms with Crippen molar-refractivity contribution in [1.82, 2.24) is 0 Å². The third kappa shape index (κ3) is 5.36. The second-order valence-electron chi connectivity index (χ2n) is 4.79. The maximum absolute atomic E-state index is 13.6. The van der Waals surface area contributed by atoms with Crippen LogP contribution in [-0.2, 0) is 9.63 Å². The molecule has 0 heterocycles. The molecule has 0 aliphatic rings. The Hall–Kier alpha value is -2.80. The van der Waals surface area contributed by atoms with Gasteiger partial charge in [0.05, 0.1) is 26.1 Å². The average Bonchev–Trinajstić information content (AvgIpc) is 2.61. The molecule has 132 valence electrons. The minimum atomic E-state index is -0.630. The normalized spacial score (nSPS) is 10.6. The standard InChI is InChI=1S/C17H16ClFN2O4/c1-23-15-6-3-11(7-16(15)24-2)9-20-25-10-17(22)21-14-5-4-12(18)8-13(14)19/h3-9H,10H2,1-2H3,(H,21,22)/b20-9-. The average molecular weight is 367 g/mol. The molecule has 0 spiro atoms. The summed E-state index contributed by atoms with van der Waals surface area (Å²) in [6.45, 7) is -0.369. The van der Waals surface area contributed by atoms with Gasteiger partial charge in [0.15, 0.2) is 18.1 Å². The van der Waals surface area contributed by atoms with Gasteiger partial charge in [0.25, 0.3) is 5.91 Å². The van der Waals surface area contributed by atoms with Crippen LogP contribution in [0.25, 0.3) is 0 Å². The van der Waals surface area contributed by atoms with E-state index in [0.717, 1.165) is 6.07 Å². The molecule has 1 N–H and O–H groups in total. The van der Waals surface area contributed by atoms with Crippen molar-refractivity contribution < 1.29 is 23.5 Å². The number of halogens is 2. The number of nitrogens with zero attached hydrogens (tertiary/aromatic N) is 1. The summed E-state index contributed by atoms with van der Waals surface area (Å²) in [6.07, 6.45) is 1.41. The first-order valence-corrected chi connectivity index (χ1v) is 7.53. The highest BCUT2D eigenvalue weighted by atomic mass is 35.5. The molecule has 0 saturated heterocycles. The van der Waals surface area contributed by atoms with Gasteiger partial charge in [-0.05, 0) is 36.4 Å². The molecule has 25 heavy (non-hydrogen) atoms. The van der Waals surface area contributed by atoms with Crippen molar-refractivity contribution in [1.29, 1.82) is 0 Å². The number of rotatable bonds is 7. The molecule has 2 aromatic rings. The largest absolute Gasteiger partial charge is 0.493 e. The number of carbonyl (C=O) groups is 1. The highest BCUT2D eigenvalue weighted by Crippen LogP contribution is 2.26. The number of carbonyl (C=O) groups excluding carboxylic acids is 1. The Morgan fingerprint density at radius 3 is 2.64 bits per heavy atom. The van der Waals surface area contributed by atoms with Crippen molar-refractivity contribution in [3.8, 4) is 11.5 Å². The fourth-order valence-electron chi connectivity index (χ4n) is 1.90. The maximum atomic E-state index is 13.6. The van der Waals surface area contributed by atoms with Crippen molar-refractivity contribution in [3.63, 3.8) is 0 Å². The first-order chi connectivity index (χ1) is 12.0. The second-order valence-corrected chi connectivity index (χ2v) is 5.23. The van der Waals surface area contributed by atoms with Crippen LogP contribution in [0.3, 0.4) is 0 Å². The second kappa shape index (κ2) is 8.89. The van der Waals surface area contributed by atoms with Crippen molar-refractivity contribution in [2.75, 3.05) is 26.1 Å². The predicted molar refractivity (Wildman–Crippen MR) is 93.1 cm³/mol. The molecule has 6 nitrogen and oxygen atoms in total. The monoisotopic (exact) mass is 366 g/mol. The smallest absolute Gasteiger partial charge is 0.265 e. The maximum Gasteiger partial charge on any atom is 0.265 e. The molecule has 8 heteroatoms. The van der Waals surface area contributed by atoms with Gasteiger partial charge < -0.3 is 19.6 Å². The summed E-state index contributed by atoms with van der Waals surface area (Å²) in [7, 11) is 3.06. The van der Waals surface area contributed by atoms with Crippen LogP contribution in [-0.4, -0.2) is 32.9 Å². The Bertz CT molecular complexity index is 783. The van der Waals surface area contributed by atoms with Crippen LogP contribution in [0.5, 0.6) is 11.5 Å². The fraction of sp³-hybridized carbons (Fsp3) is 0.176. The van der Waals surface area contributed by atoms with Gasteiger partial charge in [-0.2, -0.15) is 0 Å². The van der Waals surface area contributed by atoms with Gasteiger partial charge in [0.2, 0.25) is 0 Å². The minimum Gasteiger partial charge on any atom is -0.493 e. The Balaban J connectivity index is 1.87. The molecule has 0 aromatic heterocycles. The number of oxime groups is 1. The van der Waals surface area contributed by atoms with Gasteiger partial charge in [-0.25, -0.2) is 4.39 Å². The van der Waals surface area contributed by atoms with Gasteiger partial charge in [-0.15, -0.1) is 0 Å². The minimum absolute atomic E-state index is 0.0156. The molecule has 0 unspecified atom stereocenters. The predicted octanol–water partition coefficient (Wildman–Crippen LogP) is 3.49. The van der Waals surface area contributed by atoms with E-state index in [9.17, 15) is 9.18 Å². The molecule has 0 saturated carbocycles. The van der Waals surface area contributed by atoms with E-state index in [1.54, 1.807) is 18.2 Å². The summed E-state index contributed by atoms with van der Waals surface area (Å²) >= 11 is 5.64. The first-order valence-electron chi connectivity index (χ1n) is 7.15. The van der Waals surface area contributed by atoms with Crippen LogP contribution >= 0.6 is 11.6 Å². The summed E-state index contributed by atoms with van der Waals surface area (Å²) in [4.78, 5) is 16.6. The van der Waals surface area contributed by atoms with Crippen LogP contribution < -0.4 is 14.8 Å². The Morgan fingerprint density at radius 1 is 1.20 bits per heavy atom. The van der Waals surface area contributed by atoms with Crippen molar-refractivity contribution in [2.45, 2.75) is 0 Å². The van der Waals surface area contributed by atoms with Crippen LogP contribution in [0.4, 0.5) is 10.1 Å². The molecule has 2 rings (SSSR count). The third-order valence-corrected chi connectivity index (χ3v) is 3.32. The molecule has 0 aliphatic carbocycles. The highest BCUT2D eigenvalue weighted by Gasteiger charge is 2.08. The molecular formula is C17H16ClFN2O4. The number of benzene rings is 2. The van der Waals surface area contributed by atoms with Crippen LogP contribution in [0.2, 0.25) is 5.02 Å². The summed E-state index contributed by atoms with van der Waals surface area (Å²) in [6, 6.07) is 9.11. The lowest BCUT2D eigenvalue weighted by molar-refractivity contribution is -0.120. The number of amides is 1. The summed E-state index contributed by atoms with van der Waals surface area (Å²) in [5.41, 5.74) is 0.712. The fourth-order valence-corrected chi connectivity index (χ4v) is 2.06. The zero-order chi connectivity index (χ0) is 18.2. The SMILES string of the molecule is COc1ccc(/C=N\OCC(=O)Nc2ccc(Cl)cc2F)cc1OC. The zero-order valence-corrected chi connectivity index (χ0v) is 14.3. The molecule has 0 bridgehead atoms. The number of nitrogens with one attached hydrogen (secondary N) is 1. The lowest BCUT2D eigenvalue weighted by Gasteiger charge is -2.07. The van der Waals surface area contributed by atoms with E-state index in [2.05, 4.69) is 10.5 Å². The Kier molecular flexibility index (Phi) is 6.59. The topological polar surface area (TPSA) is 69.2 Å². The number of ether oxygens (including phenoxy) is 2. The Morgan fingerprint density at radius 2 is 1.96 bits per heavy atom. The van der Waals surface area contributed by atoms with E-state index in [0.29, 0.717) is 17.1 Å². The molecule has 1 amide bonds. The van der Waals surface area contributed by atoms with Crippen LogP contribution in [0, 0.1) is 5.82 Å². The lowest BCUT2D eigenvalue weighted by Crippen LogP contribution is -2.17. The van der Waals surface area contributed by atoms with E-state index in [-0.39, 0.29) is 17.3 Å². The van der Waals surface area contributed by atoms with Gasteiger partial charge in [0, 0.05) is 10.6 Å². The molecule has 0 fully saturated rings. The molecule has 2 aromatic carbocycles. The summed E-state index contributed by atoms with van der Waals surface area (Å²) in [5.74, 6) is -0.0484. The number of anilines is 1. The quantitative estimate of drug-likeness (QED) is 0.601. The van der Waals surface area contributed by atoms with Gasteiger partial charge >= 0.3 is 0 Å². The number of hydrogen-bond acceptors (Lipinski definition) is 5. The van der Waals surface area contributed by atoms with E-state index in [1.807, 2.05) is 0 Å². The lowest BCUT2D eigenvalue weighted by atomic mass is 10.2. The zero-order valence-electron chi connectivity index (χ0n) is 13.6. The Labute approximate surface area is 149 Å². The van der Waals surface area contributed by atoms with Crippen LogP contribution in [0.15, 0.2) is 41.6 Å². The summed E-state index contributed by atoms with van der Waals surface area (Å²) < 4.78 is 23.9. The molecular weight excluding hydrogens is 351 g/mol. The van der Waals surface area contributed by atoms with Crippen molar-refractivity contribution in [3.05, 3.63) is 52.8 Å². The highest BCUT2D eigenvalue weighted by molar-refractivity contribution is 6.30. The van der Waals surface area contributed by atoms with Gasteiger partial charge in [-0.3, -0.25) is 4.79 Å². The number of methoxy groups -OCH3 is 2. The van der Waals surface area contributed by atoms with Gasteiger partial charge in [-0.1, -0.05) is 16.8 Å². The van der Waals surface area contributed by atoms with E-state index in [4.69, 9.17) is 25.9 Å². The van der Waals surface area contributed by atoms with E-state index >= 15 is 0 Å². The van der Waals surface area contributed by atoms with E-state index in [1.165, 1.54) is 32.6 Å². The van der Waals surface area contributed by atoms with E-state index < -0.39 is 11.7 Å². The third-order valence-electron chi connectivity index (χ3n) is 3.08. The summed E-state index contributed by atoms with van der Waals surface area (Å²) in [5, 5.41) is 6.30. The van der Waals surface area contributed by atoms with Crippen molar-refractivity contribution >= 4 is 29.4 Å². The van der Waals surface area contributed by atoms with Crippen molar-refractivity contribution in [2.24, 2.45) is 5.16 Å². The van der Waals surface area contributed by atoms with Crippen LogP contribution in [0.1, 0.15) is 5.56 Å². The van der Waals surface area contributed by atoms with Gasteiger partial charge in [0.1, 0.15) is 5.82 Å². The molecule has 0 aliphatic heterocycles. The first kappa shape index (κ1) is 18.5. The number of hydrogen-bond donors (Lipinski definition) is 1. The molecule has 0 radical (unpaired) electrons. The molecule has 0 atom stereocenters.